The van der Waals surface area contributed by atoms with Gasteiger partial charge in [-0.25, -0.2) is 0 Å². The van der Waals surface area contributed by atoms with Crippen molar-refractivity contribution in [2.45, 2.75) is 6.42 Å². The summed E-state index contributed by atoms with van der Waals surface area (Å²) in [5.74, 6) is -0.448. The van der Waals surface area contributed by atoms with Crippen LogP contribution in [0.4, 0.5) is 5.69 Å². The van der Waals surface area contributed by atoms with Gasteiger partial charge < -0.3 is 4.90 Å². The number of benzene rings is 1. The van der Waals surface area contributed by atoms with E-state index in [9.17, 15) is 9.59 Å². The second kappa shape index (κ2) is 4.88. The molecule has 1 aromatic rings. The third-order valence-electron chi connectivity index (χ3n) is 3.00. The Hall–Kier alpha value is -2.35. The number of hydrogen-bond donors (Lipinski definition) is 0. The van der Waals surface area contributed by atoms with Gasteiger partial charge in [0.05, 0.1) is 25.6 Å². The van der Waals surface area contributed by atoms with Crippen molar-refractivity contribution < 1.29 is 9.59 Å². The van der Waals surface area contributed by atoms with Crippen molar-refractivity contribution in [3.63, 3.8) is 0 Å². The Morgan fingerprint density at radius 2 is 1.83 bits per heavy atom. The molecule has 92 valence electrons. The number of imide groups is 1. The zero-order valence-electron chi connectivity index (χ0n) is 10.1. The summed E-state index contributed by atoms with van der Waals surface area (Å²) in [5, 5.41) is 8.78. The lowest BCUT2D eigenvalue weighted by atomic mass is 10.1. The number of rotatable bonds is 2. The van der Waals surface area contributed by atoms with E-state index in [4.69, 9.17) is 5.26 Å². The van der Waals surface area contributed by atoms with Gasteiger partial charge in [0.1, 0.15) is 0 Å². The highest BCUT2D eigenvalue weighted by molar-refractivity contribution is 6.02. The zero-order chi connectivity index (χ0) is 13.1. The largest absolute Gasteiger partial charge is 0.353 e. The van der Waals surface area contributed by atoms with Crippen molar-refractivity contribution in [2.24, 2.45) is 0 Å². The van der Waals surface area contributed by atoms with Crippen LogP contribution < -0.4 is 4.90 Å². The second-order valence-electron chi connectivity index (χ2n) is 4.17. The molecule has 0 saturated carbocycles. The fraction of sp³-hybridized carbons (Fsp3) is 0.308. The lowest BCUT2D eigenvalue weighted by Gasteiger charge is -2.32. The Kier molecular flexibility index (Phi) is 3.28. The molecular weight excluding hydrogens is 230 g/mol. The first kappa shape index (κ1) is 12.1. The van der Waals surface area contributed by atoms with E-state index in [-0.39, 0.29) is 31.3 Å². The molecule has 2 amide bonds. The van der Waals surface area contributed by atoms with E-state index in [0.29, 0.717) is 0 Å². The molecule has 1 heterocycles. The molecule has 1 saturated heterocycles. The summed E-state index contributed by atoms with van der Waals surface area (Å²) in [7, 11) is 1.49. The maximum absolute atomic E-state index is 11.7. The molecular formula is C13H13N3O2. The monoisotopic (exact) mass is 243 g/mol. The summed E-state index contributed by atoms with van der Waals surface area (Å²) in [4.78, 5) is 26.2. The highest BCUT2D eigenvalue weighted by atomic mass is 16.2. The van der Waals surface area contributed by atoms with Gasteiger partial charge in [0, 0.05) is 12.7 Å². The van der Waals surface area contributed by atoms with Crippen LogP contribution in [0.15, 0.2) is 24.3 Å². The Morgan fingerprint density at radius 3 is 2.44 bits per heavy atom. The van der Waals surface area contributed by atoms with Crippen LogP contribution in [-0.4, -0.2) is 36.9 Å². The van der Waals surface area contributed by atoms with Crippen LogP contribution in [0.2, 0.25) is 0 Å². The number of nitrogens with zero attached hydrogens (tertiary/aromatic N) is 3. The smallest absolute Gasteiger partial charge is 0.248 e. The van der Waals surface area contributed by atoms with Gasteiger partial charge in [-0.15, -0.1) is 0 Å². The van der Waals surface area contributed by atoms with Gasteiger partial charge in [-0.2, -0.15) is 5.26 Å². The standard InChI is InChI=1S/C13H13N3O2/c1-15-12(17)8-16(9-13(15)18)11-5-3-2-4-10(11)6-7-14/h2-5H,6,8-9H2,1H3. The van der Waals surface area contributed by atoms with Gasteiger partial charge >= 0.3 is 0 Å². The van der Waals surface area contributed by atoms with E-state index in [0.717, 1.165) is 16.2 Å². The minimum absolute atomic E-state index is 0.171. The maximum atomic E-state index is 11.7. The summed E-state index contributed by atoms with van der Waals surface area (Å²) in [6.07, 6.45) is 0.269. The highest BCUT2D eigenvalue weighted by Gasteiger charge is 2.28. The normalized spacial score (nSPS) is 15.8. The lowest BCUT2D eigenvalue weighted by molar-refractivity contribution is -0.143. The zero-order valence-corrected chi connectivity index (χ0v) is 10.1. The highest BCUT2D eigenvalue weighted by Crippen LogP contribution is 2.22. The number of nitriles is 1. The molecule has 0 atom stereocenters. The number of hydrogen-bond acceptors (Lipinski definition) is 4. The van der Waals surface area contributed by atoms with E-state index in [1.807, 2.05) is 24.3 Å². The van der Waals surface area contributed by atoms with E-state index < -0.39 is 0 Å². The SMILES string of the molecule is CN1C(=O)CN(c2ccccc2CC#N)CC1=O. The Bertz CT molecular complexity index is 515. The molecule has 1 fully saturated rings. The van der Waals surface area contributed by atoms with Gasteiger partial charge in [-0.05, 0) is 11.6 Å². The maximum Gasteiger partial charge on any atom is 0.248 e. The summed E-state index contributed by atoms with van der Waals surface area (Å²) in [6.45, 7) is 0.343. The third kappa shape index (κ3) is 2.18. The number of anilines is 1. The predicted octanol–water partition coefficient (Wildman–Crippen LogP) is 0.558. The first-order valence-corrected chi connectivity index (χ1v) is 5.62. The summed E-state index contributed by atoms with van der Waals surface area (Å²) >= 11 is 0. The Balaban J connectivity index is 2.30. The fourth-order valence-electron chi connectivity index (χ4n) is 1.96. The fourth-order valence-corrected chi connectivity index (χ4v) is 1.96. The lowest BCUT2D eigenvalue weighted by Crippen LogP contribution is -2.52. The molecule has 0 bridgehead atoms. The van der Waals surface area contributed by atoms with Gasteiger partial charge in [0.15, 0.2) is 0 Å². The molecule has 5 heteroatoms. The Morgan fingerprint density at radius 1 is 1.22 bits per heavy atom. The first-order valence-electron chi connectivity index (χ1n) is 5.62. The van der Waals surface area contributed by atoms with Crippen LogP contribution in [0, 0.1) is 11.3 Å². The van der Waals surface area contributed by atoms with E-state index >= 15 is 0 Å². The van der Waals surface area contributed by atoms with Crippen LogP contribution in [0.5, 0.6) is 0 Å². The quantitative estimate of drug-likeness (QED) is 0.712. The van der Waals surface area contributed by atoms with E-state index in [2.05, 4.69) is 6.07 Å². The average molecular weight is 243 g/mol. The van der Waals surface area contributed by atoms with Crippen LogP contribution in [0.3, 0.4) is 0 Å². The molecule has 18 heavy (non-hydrogen) atoms. The van der Waals surface area contributed by atoms with Crippen molar-refractivity contribution >= 4 is 17.5 Å². The third-order valence-corrected chi connectivity index (χ3v) is 3.00. The van der Waals surface area contributed by atoms with Gasteiger partial charge in [-0.1, -0.05) is 18.2 Å². The van der Waals surface area contributed by atoms with Crippen LogP contribution in [0.1, 0.15) is 5.56 Å². The molecule has 5 nitrogen and oxygen atoms in total. The summed E-state index contributed by atoms with van der Waals surface area (Å²) < 4.78 is 0. The molecule has 0 spiro atoms. The molecule has 1 aliphatic heterocycles. The van der Waals surface area contributed by atoms with Gasteiger partial charge in [0.2, 0.25) is 11.8 Å². The molecule has 0 N–H and O–H groups in total. The van der Waals surface area contributed by atoms with Gasteiger partial charge in [-0.3, -0.25) is 14.5 Å². The Labute approximate surface area is 105 Å². The van der Waals surface area contributed by atoms with Crippen molar-refractivity contribution in [3.8, 4) is 6.07 Å². The minimum Gasteiger partial charge on any atom is -0.353 e. The number of para-hydroxylation sites is 1. The molecule has 1 aromatic carbocycles. The molecule has 0 unspecified atom stereocenters. The minimum atomic E-state index is -0.224. The van der Waals surface area contributed by atoms with Crippen molar-refractivity contribution in [3.05, 3.63) is 29.8 Å². The van der Waals surface area contributed by atoms with Crippen molar-refractivity contribution in [1.29, 1.82) is 5.26 Å². The number of likely N-dealkylation sites (N-methyl/N-ethyl adjacent to an activating group) is 1. The number of carbonyl (C=O) groups is 2. The summed E-state index contributed by atoms with van der Waals surface area (Å²) in [5.41, 5.74) is 1.62. The van der Waals surface area contributed by atoms with Crippen LogP contribution >= 0.6 is 0 Å². The molecule has 0 radical (unpaired) electrons. The topological polar surface area (TPSA) is 64.4 Å². The van der Waals surface area contributed by atoms with Crippen molar-refractivity contribution in [2.75, 3.05) is 25.0 Å². The average Bonchev–Trinajstić information content (AvgIpc) is 2.36. The molecule has 0 aliphatic carbocycles. The van der Waals surface area contributed by atoms with Crippen LogP contribution in [0.25, 0.3) is 0 Å². The predicted molar refractivity (Wildman–Crippen MR) is 65.7 cm³/mol. The number of amides is 2. The molecule has 1 aliphatic rings. The van der Waals surface area contributed by atoms with E-state index in [1.54, 1.807) is 4.90 Å². The number of piperazine rings is 1. The second-order valence-corrected chi connectivity index (χ2v) is 4.17. The van der Waals surface area contributed by atoms with E-state index in [1.165, 1.54) is 7.05 Å². The molecule has 2 rings (SSSR count). The first-order chi connectivity index (χ1) is 8.63. The van der Waals surface area contributed by atoms with Gasteiger partial charge in [0.25, 0.3) is 0 Å². The van der Waals surface area contributed by atoms with Crippen molar-refractivity contribution in [1.82, 2.24) is 4.90 Å². The number of carbonyl (C=O) groups excluding carboxylic acids is 2. The summed E-state index contributed by atoms with van der Waals surface area (Å²) in [6, 6.07) is 9.44. The van der Waals surface area contributed by atoms with Crippen LogP contribution in [-0.2, 0) is 16.0 Å². The molecule has 0 aromatic heterocycles.